The maximum absolute atomic E-state index is 10.4. The second kappa shape index (κ2) is 5.03. The standard InChI is InChI=1S/C11H13ClO3/c1-7(5-6-13)8-3-4-9(12)11(15-2)10(8)14/h3-4,6-7,14H,5H2,1-2H3. The molecule has 0 bridgehead atoms. The molecule has 0 saturated carbocycles. The van der Waals surface area contributed by atoms with E-state index in [0.29, 0.717) is 17.0 Å². The fourth-order valence-corrected chi connectivity index (χ4v) is 1.65. The van der Waals surface area contributed by atoms with Gasteiger partial charge in [0.15, 0.2) is 11.5 Å². The smallest absolute Gasteiger partial charge is 0.179 e. The first-order valence-corrected chi connectivity index (χ1v) is 4.98. The van der Waals surface area contributed by atoms with Crippen molar-refractivity contribution in [2.24, 2.45) is 0 Å². The molecule has 1 unspecified atom stereocenters. The number of hydrogen-bond acceptors (Lipinski definition) is 3. The first-order valence-electron chi connectivity index (χ1n) is 4.60. The minimum Gasteiger partial charge on any atom is -0.504 e. The lowest BCUT2D eigenvalue weighted by atomic mass is 9.97. The highest BCUT2D eigenvalue weighted by Crippen LogP contribution is 2.40. The number of phenolic OH excluding ortho intramolecular Hbond substituents is 1. The molecular weight excluding hydrogens is 216 g/mol. The monoisotopic (exact) mass is 228 g/mol. The van der Waals surface area contributed by atoms with Crippen LogP contribution in [0.4, 0.5) is 0 Å². The van der Waals surface area contributed by atoms with Gasteiger partial charge in [0.25, 0.3) is 0 Å². The van der Waals surface area contributed by atoms with Crippen molar-refractivity contribution in [3.8, 4) is 11.5 Å². The zero-order chi connectivity index (χ0) is 11.4. The summed E-state index contributed by atoms with van der Waals surface area (Å²) in [5, 5.41) is 10.2. The van der Waals surface area contributed by atoms with Crippen LogP contribution in [0.5, 0.6) is 11.5 Å². The van der Waals surface area contributed by atoms with Crippen LogP contribution in [0.15, 0.2) is 12.1 Å². The van der Waals surface area contributed by atoms with Crippen LogP contribution < -0.4 is 4.74 Å². The molecule has 0 aromatic heterocycles. The van der Waals surface area contributed by atoms with Gasteiger partial charge in [-0.15, -0.1) is 0 Å². The first kappa shape index (κ1) is 11.9. The molecule has 0 aliphatic heterocycles. The molecule has 0 spiro atoms. The van der Waals surface area contributed by atoms with E-state index in [1.807, 2.05) is 6.92 Å². The lowest BCUT2D eigenvalue weighted by Crippen LogP contribution is -1.97. The fourth-order valence-electron chi connectivity index (χ4n) is 1.42. The number of methoxy groups -OCH3 is 1. The van der Waals surface area contributed by atoms with Crippen LogP contribution in [0.25, 0.3) is 0 Å². The molecule has 1 rings (SSSR count). The third-order valence-corrected chi connectivity index (χ3v) is 2.60. The number of rotatable bonds is 4. The van der Waals surface area contributed by atoms with Crippen LogP contribution >= 0.6 is 11.6 Å². The number of phenols is 1. The third kappa shape index (κ3) is 2.42. The quantitative estimate of drug-likeness (QED) is 0.806. The average molecular weight is 229 g/mol. The number of halogens is 1. The molecule has 0 heterocycles. The second-order valence-corrected chi connectivity index (χ2v) is 3.73. The second-order valence-electron chi connectivity index (χ2n) is 3.32. The Morgan fingerprint density at radius 2 is 2.27 bits per heavy atom. The third-order valence-electron chi connectivity index (χ3n) is 2.30. The van der Waals surface area contributed by atoms with Crippen molar-refractivity contribution in [1.82, 2.24) is 0 Å². The van der Waals surface area contributed by atoms with Crippen molar-refractivity contribution in [2.75, 3.05) is 7.11 Å². The number of ether oxygens (including phenoxy) is 1. The zero-order valence-electron chi connectivity index (χ0n) is 8.66. The number of aromatic hydroxyl groups is 1. The van der Waals surface area contributed by atoms with Crippen LogP contribution in [-0.4, -0.2) is 18.5 Å². The van der Waals surface area contributed by atoms with Gasteiger partial charge in [0.05, 0.1) is 12.1 Å². The topological polar surface area (TPSA) is 46.5 Å². The van der Waals surface area contributed by atoms with E-state index in [4.69, 9.17) is 16.3 Å². The molecule has 0 fully saturated rings. The molecule has 1 aromatic rings. The predicted octanol–water partition coefficient (Wildman–Crippen LogP) is 2.75. The van der Waals surface area contributed by atoms with Crippen LogP contribution in [0, 0.1) is 0 Å². The van der Waals surface area contributed by atoms with Gasteiger partial charge >= 0.3 is 0 Å². The highest BCUT2D eigenvalue weighted by atomic mass is 35.5. The number of carbonyl (C=O) groups is 1. The van der Waals surface area contributed by atoms with E-state index in [0.717, 1.165) is 6.29 Å². The summed E-state index contributed by atoms with van der Waals surface area (Å²) >= 11 is 5.83. The Morgan fingerprint density at radius 1 is 1.60 bits per heavy atom. The molecule has 82 valence electrons. The molecule has 1 aromatic carbocycles. The van der Waals surface area contributed by atoms with Gasteiger partial charge in [-0.25, -0.2) is 0 Å². The van der Waals surface area contributed by atoms with Crippen molar-refractivity contribution in [3.63, 3.8) is 0 Å². The molecular formula is C11H13ClO3. The van der Waals surface area contributed by atoms with E-state index in [9.17, 15) is 9.90 Å². The lowest BCUT2D eigenvalue weighted by Gasteiger charge is -2.14. The van der Waals surface area contributed by atoms with Crippen LogP contribution in [-0.2, 0) is 4.79 Å². The van der Waals surface area contributed by atoms with E-state index in [1.54, 1.807) is 12.1 Å². The summed E-state index contributed by atoms with van der Waals surface area (Å²) in [6.45, 7) is 1.86. The normalized spacial score (nSPS) is 12.2. The largest absolute Gasteiger partial charge is 0.504 e. The van der Waals surface area contributed by atoms with Gasteiger partial charge in [0, 0.05) is 12.0 Å². The lowest BCUT2D eigenvalue weighted by molar-refractivity contribution is -0.108. The zero-order valence-corrected chi connectivity index (χ0v) is 9.41. The van der Waals surface area contributed by atoms with Crippen LogP contribution in [0.1, 0.15) is 24.8 Å². The molecule has 0 aliphatic rings. The van der Waals surface area contributed by atoms with Crippen molar-refractivity contribution < 1.29 is 14.6 Å². The Kier molecular flexibility index (Phi) is 3.97. The Morgan fingerprint density at radius 3 is 2.80 bits per heavy atom. The maximum Gasteiger partial charge on any atom is 0.179 e. The summed E-state index contributed by atoms with van der Waals surface area (Å²) in [4.78, 5) is 10.4. The Balaban J connectivity index is 3.14. The number of benzene rings is 1. The maximum atomic E-state index is 10.4. The molecule has 0 saturated heterocycles. The number of carbonyl (C=O) groups excluding carboxylic acids is 1. The molecule has 0 radical (unpaired) electrons. The Labute approximate surface area is 93.6 Å². The van der Waals surface area contributed by atoms with Crippen LogP contribution in [0.3, 0.4) is 0 Å². The molecule has 1 N–H and O–H groups in total. The van der Waals surface area contributed by atoms with Crippen LogP contribution in [0.2, 0.25) is 5.02 Å². The highest BCUT2D eigenvalue weighted by Gasteiger charge is 2.16. The number of hydrogen-bond donors (Lipinski definition) is 1. The van der Waals surface area contributed by atoms with Crippen molar-refractivity contribution in [2.45, 2.75) is 19.3 Å². The molecule has 4 heteroatoms. The SMILES string of the molecule is COc1c(Cl)ccc(C(C)CC=O)c1O. The minimum atomic E-state index is -0.0475. The molecule has 1 atom stereocenters. The van der Waals surface area contributed by atoms with Gasteiger partial charge in [-0.3, -0.25) is 0 Å². The van der Waals surface area contributed by atoms with E-state index in [2.05, 4.69) is 0 Å². The van der Waals surface area contributed by atoms with E-state index < -0.39 is 0 Å². The summed E-state index contributed by atoms with van der Waals surface area (Å²) in [5.74, 6) is 0.222. The molecule has 0 amide bonds. The highest BCUT2D eigenvalue weighted by molar-refractivity contribution is 6.32. The molecule has 3 nitrogen and oxygen atoms in total. The minimum absolute atomic E-state index is 0.0133. The van der Waals surface area contributed by atoms with Gasteiger partial charge in [-0.2, -0.15) is 0 Å². The van der Waals surface area contributed by atoms with E-state index in [-0.39, 0.29) is 17.4 Å². The van der Waals surface area contributed by atoms with E-state index in [1.165, 1.54) is 7.11 Å². The average Bonchev–Trinajstić information content (AvgIpc) is 2.18. The summed E-state index contributed by atoms with van der Waals surface area (Å²) < 4.78 is 4.97. The fraction of sp³-hybridized carbons (Fsp3) is 0.364. The summed E-state index contributed by atoms with van der Waals surface area (Å²) in [7, 11) is 1.44. The Bertz CT molecular complexity index is 363. The van der Waals surface area contributed by atoms with Crippen molar-refractivity contribution in [3.05, 3.63) is 22.7 Å². The van der Waals surface area contributed by atoms with Crippen molar-refractivity contribution in [1.29, 1.82) is 0 Å². The van der Waals surface area contributed by atoms with Gasteiger partial charge in [0.2, 0.25) is 0 Å². The first-order chi connectivity index (χ1) is 7.11. The molecule has 0 aliphatic carbocycles. The van der Waals surface area contributed by atoms with Gasteiger partial charge in [-0.1, -0.05) is 24.6 Å². The number of aldehydes is 1. The summed E-state index contributed by atoms with van der Waals surface area (Å²) in [6, 6.07) is 3.35. The summed E-state index contributed by atoms with van der Waals surface area (Å²) in [5.41, 5.74) is 0.670. The van der Waals surface area contributed by atoms with Crippen molar-refractivity contribution >= 4 is 17.9 Å². The van der Waals surface area contributed by atoms with Gasteiger partial charge < -0.3 is 14.6 Å². The van der Waals surface area contributed by atoms with Gasteiger partial charge in [0.1, 0.15) is 6.29 Å². The Hall–Kier alpha value is -1.22. The van der Waals surface area contributed by atoms with E-state index >= 15 is 0 Å². The predicted molar refractivity (Wildman–Crippen MR) is 58.8 cm³/mol. The molecule has 15 heavy (non-hydrogen) atoms. The van der Waals surface area contributed by atoms with Gasteiger partial charge in [-0.05, 0) is 12.0 Å². The summed E-state index contributed by atoms with van der Waals surface area (Å²) in [6.07, 6.45) is 1.18.